The highest BCUT2D eigenvalue weighted by atomic mass is 32.1. The number of aromatic nitrogens is 4. The van der Waals surface area contributed by atoms with Crippen molar-refractivity contribution in [3.8, 4) is 5.95 Å². The van der Waals surface area contributed by atoms with Crippen LogP contribution in [0.1, 0.15) is 17.3 Å². The van der Waals surface area contributed by atoms with E-state index in [9.17, 15) is 4.79 Å². The van der Waals surface area contributed by atoms with Crippen molar-refractivity contribution in [1.29, 1.82) is 0 Å². The fourth-order valence-corrected chi connectivity index (χ4v) is 2.34. The minimum Gasteiger partial charge on any atom is -0.462 e. The smallest absolute Gasteiger partial charge is 0.341 e. The van der Waals surface area contributed by atoms with Gasteiger partial charge in [-0.3, -0.25) is 0 Å². The van der Waals surface area contributed by atoms with Gasteiger partial charge < -0.3 is 4.74 Å². The molecule has 0 atom stereocenters. The molecule has 0 radical (unpaired) electrons. The first kappa shape index (κ1) is 11.8. The van der Waals surface area contributed by atoms with Crippen molar-refractivity contribution >= 4 is 27.5 Å². The first-order valence-electron chi connectivity index (χ1n) is 5.70. The zero-order chi connectivity index (χ0) is 13.2. The molecule has 0 aliphatic carbocycles. The number of thiophene rings is 1. The molecule has 6 nitrogen and oxygen atoms in total. The standard InChI is InChI=1S/C12H10N4O2S/c1-2-18-11(17)9-6-14-16(7-9)12-13-5-8-3-4-19-10(8)15-12/h3-7H,2H2,1H3. The van der Waals surface area contributed by atoms with Crippen LogP contribution in [-0.4, -0.2) is 32.3 Å². The number of esters is 1. The van der Waals surface area contributed by atoms with Gasteiger partial charge in [-0.15, -0.1) is 11.3 Å². The molecule has 3 aromatic rings. The Balaban J connectivity index is 1.95. The number of rotatable bonds is 3. The quantitative estimate of drug-likeness (QED) is 0.684. The second-order valence-corrected chi connectivity index (χ2v) is 4.64. The van der Waals surface area contributed by atoms with Crippen molar-refractivity contribution in [2.75, 3.05) is 6.61 Å². The largest absolute Gasteiger partial charge is 0.462 e. The van der Waals surface area contributed by atoms with Crippen LogP contribution in [0, 0.1) is 0 Å². The lowest BCUT2D eigenvalue weighted by Crippen LogP contribution is -2.04. The molecule has 0 amide bonds. The molecule has 0 fully saturated rings. The molecular weight excluding hydrogens is 264 g/mol. The summed E-state index contributed by atoms with van der Waals surface area (Å²) in [7, 11) is 0. The number of carbonyl (C=O) groups excluding carboxylic acids is 1. The van der Waals surface area contributed by atoms with Crippen molar-refractivity contribution in [2.45, 2.75) is 6.92 Å². The van der Waals surface area contributed by atoms with Gasteiger partial charge in [0.2, 0.25) is 0 Å². The topological polar surface area (TPSA) is 69.9 Å². The van der Waals surface area contributed by atoms with Crippen molar-refractivity contribution in [2.24, 2.45) is 0 Å². The molecule has 19 heavy (non-hydrogen) atoms. The molecule has 0 aliphatic heterocycles. The summed E-state index contributed by atoms with van der Waals surface area (Å²) >= 11 is 1.53. The summed E-state index contributed by atoms with van der Waals surface area (Å²) in [5, 5.41) is 7.02. The Kier molecular flexibility index (Phi) is 2.96. The number of fused-ring (bicyclic) bond motifs is 1. The molecule has 0 saturated heterocycles. The van der Waals surface area contributed by atoms with Crippen LogP contribution in [0.2, 0.25) is 0 Å². The summed E-state index contributed by atoms with van der Waals surface area (Å²) < 4.78 is 6.37. The van der Waals surface area contributed by atoms with Gasteiger partial charge in [-0.05, 0) is 18.4 Å². The van der Waals surface area contributed by atoms with Gasteiger partial charge in [0.1, 0.15) is 4.83 Å². The van der Waals surface area contributed by atoms with Crippen LogP contribution >= 0.6 is 11.3 Å². The van der Waals surface area contributed by atoms with Crippen LogP contribution in [0.5, 0.6) is 0 Å². The van der Waals surface area contributed by atoms with E-state index >= 15 is 0 Å². The molecule has 0 N–H and O–H groups in total. The minimum absolute atomic E-state index is 0.335. The second kappa shape index (κ2) is 4.77. The third kappa shape index (κ3) is 2.19. The lowest BCUT2D eigenvalue weighted by Gasteiger charge is -1.98. The molecule has 3 heterocycles. The van der Waals surface area contributed by atoms with Gasteiger partial charge in [0.25, 0.3) is 5.95 Å². The third-order valence-electron chi connectivity index (χ3n) is 2.49. The van der Waals surface area contributed by atoms with Gasteiger partial charge in [0.15, 0.2) is 0 Å². The van der Waals surface area contributed by atoms with E-state index in [1.807, 2.05) is 11.4 Å². The second-order valence-electron chi connectivity index (χ2n) is 3.75. The van der Waals surface area contributed by atoms with Crippen molar-refractivity contribution in [3.63, 3.8) is 0 Å². The van der Waals surface area contributed by atoms with E-state index in [4.69, 9.17) is 4.74 Å². The number of nitrogens with zero attached hydrogens (tertiary/aromatic N) is 4. The number of hydrogen-bond donors (Lipinski definition) is 0. The summed E-state index contributed by atoms with van der Waals surface area (Å²) in [5.74, 6) is 0.0384. The molecule has 0 unspecified atom stereocenters. The molecule has 96 valence electrons. The van der Waals surface area contributed by atoms with Crippen LogP contribution in [-0.2, 0) is 4.74 Å². The normalized spacial score (nSPS) is 10.8. The van der Waals surface area contributed by atoms with Crippen molar-refractivity contribution in [1.82, 2.24) is 19.7 Å². The van der Waals surface area contributed by atoms with Gasteiger partial charge in [0, 0.05) is 17.8 Å². The molecule has 7 heteroatoms. The van der Waals surface area contributed by atoms with Gasteiger partial charge >= 0.3 is 5.97 Å². The van der Waals surface area contributed by atoms with Gasteiger partial charge in [0.05, 0.1) is 18.4 Å². The summed E-state index contributed by atoms with van der Waals surface area (Å²) in [6.45, 7) is 2.10. The Labute approximate surface area is 112 Å². The summed E-state index contributed by atoms with van der Waals surface area (Å²) in [4.78, 5) is 21.0. The van der Waals surface area contributed by atoms with E-state index in [0.717, 1.165) is 10.2 Å². The highest BCUT2D eigenvalue weighted by Gasteiger charge is 2.11. The van der Waals surface area contributed by atoms with E-state index in [2.05, 4.69) is 15.1 Å². The first-order chi connectivity index (χ1) is 9.28. The number of carbonyl (C=O) groups is 1. The zero-order valence-electron chi connectivity index (χ0n) is 10.1. The maximum absolute atomic E-state index is 11.5. The predicted molar refractivity (Wildman–Crippen MR) is 70.5 cm³/mol. The van der Waals surface area contributed by atoms with Gasteiger partial charge in [-0.25, -0.2) is 14.5 Å². The van der Waals surface area contributed by atoms with Crippen LogP contribution < -0.4 is 0 Å². The Bertz CT molecular complexity index is 734. The average molecular weight is 274 g/mol. The molecule has 3 rings (SSSR count). The lowest BCUT2D eigenvalue weighted by atomic mass is 10.4. The monoisotopic (exact) mass is 274 g/mol. The molecule has 0 spiro atoms. The molecule has 0 aliphatic rings. The fourth-order valence-electron chi connectivity index (χ4n) is 1.61. The maximum Gasteiger partial charge on any atom is 0.341 e. The summed E-state index contributed by atoms with van der Waals surface area (Å²) in [6, 6.07) is 1.96. The Morgan fingerprint density at radius 2 is 2.37 bits per heavy atom. The van der Waals surface area contributed by atoms with Crippen LogP contribution in [0.25, 0.3) is 16.2 Å². The number of hydrogen-bond acceptors (Lipinski definition) is 6. The van der Waals surface area contributed by atoms with E-state index in [0.29, 0.717) is 18.1 Å². The summed E-state index contributed by atoms with van der Waals surface area (Å²) in [6.07, 6.45) is 4.74. The van der Waals surface area contributed by atoms with Crippen LogP contribution in [0.4, 0.5) is 0 Å². The van der Waals surface area contributed by atoms with Gasteiger partial charge in [-0.2, -0.15) is 10.1 Å². The maximum atomic E-state index is 11.5. The highest BCUT2D eigenvalue weighted by Crippen LogP contribution is 2.18. The Morgan fingerprint density at radius 1 is 1.47 bits per heavy atom. The van der Waals surface area contributed by atoms with Crippen molar-refractivity contribution in [3.05, 3.63) is 35.6 Å². The average Bonchev–Trinajstić information content (AvgIpc) is 3.07. The minimum atomic E-state index is -0.397. The zero-order valence-corrected chi connectivity index (χ0v) is 10.9. The van der Waals surface area contributed by atoms with Gasteiger partial charge in [-0.1, -0.05) is 0 Å². The van der Waals surface area contributed by atoms with E-state index in [-0.39, 0.29) is 0 Å². The fraction of sp³-hybridized carbons (Fsp3) is 0.167. The van der Waals surface area contributed by atoms with E-state index < -0.39 is 5.97 Å². The Hall–Kier alpha value is -2.28. The highest BCUT2D eigenvalue weighted by molar-refractivity contribution is 7.16. The molecule has 0 bridgehead atoms. The molecular formula is C12H10N4O2S. The van der Waals surface area contributed by atoms with Crippen LogP contribution in [0.3, 0.4) is 0 Å². The third-order valence-corrected chi connectivity index (χ3v) is 3.32. The van der Waals surface area contributed by atoms with Crippen molar-refractivity contribution < 1.29 is 9.53 Å². The number of ether oxygens (including phenoxy) is 1. The molecule has 0 aromatic carbocycles. The molecule has 3 aromatic heterocycles. The summed E-state index contributed by atoms with van der Waals surface area (Å²) in [5.41, 5.74) is 0.386. The first-order valence-corrected chi connectivity index (χ1v) is 6.58. The lowest BCUT2D eigenvalue weighted by molar-refractivity contribution is 0.0526. The van der Waals surface area contributed by atoms with Crippen LogP contribution in [0.15, 0.2) is 30.0 Å². The van der Waals surface area contributed by atoms with E-state index in [1.165, 1.54) is 22.2 Å². The SMILES string of the molecule is CCOC(=O)c1cnn(-c2ncc3ccsc3n2)c1. The molecule has 0 saturated carbocycles. The van der Waals surface area contributed by atoms with E-state index in [1.54, 1.807) is 19.3 Å². The predicted octanol–water partition coefficient (Wildman–Crippen LogP) is 2.05. The Morgan fingerprint density at radius 3 is 3.21 bits per heavy atom.